The maximum absolute atomic E-state index is 13.3. The maximum atomic E-state index is 13.3. The number of nitrogens with one attached hydrogen (secondary N) is 1. The number of nitrogens with zero attached hydrogens (tertiary/aromatic N) is 1. The summed E-state index contributed by atoms with van der Waals surface area (Å²) < 4.78 is 18.3. The number of aromatic nitrogens is 1. The van der Waals surface area contributed by atoms with E-state index in [1.807, 2.05) is 0 Å². The molecule has 17 heavy (non-hydrogen) atoms. The molecule has 1 aromatic rings. The summed E-state index contributed by atoms with van der Waals surface area (Å²) in [5.41, 5.74) is 5.12. The lowest BCUT2D eigenvalue weighted by atomic mass is 10.2. The molecule has 0 unspecified atom stereocenters. The van der Waals surface area contributed by atoms with Crippen LogP contribution in [0.15, 0.2) is 12.3 Å². The van der Waals surface area contributed by atoms with Crippen LogP contribution in [0, 0.1) is 5.82 Å². The van der Waals surface area contributed by atoms with Gasteiger partial charge in [-0.05, 0) is 20.8 Å². The van der Waals surface area contributed by atoms with Crippen LogP contribution in [0.5, 0.6) is 0 Å². The fraction of sp³-hybridized carbons (Fsp3) is 0.455. The van der Waals surface area contributed by atoms with Crippen LogP contribution in [0.25, 0.3) is 0 Å². The maximum Gasteiger partial charge on any atom is 0.407 e. The molecule has 0 bridgehead atoms. The molecule has 1 amide bonds. The second kappa shape index (κ2) is 4.99. The summed E-state index contributed by atoms with van der Waals surface area (Å²) in [7, 11) is 0. The number of anilines is 1. The second-order valence-corrected chi connectivity index (χ2v) is 4.55. The van der Waals surface area contributed by atoms with E-state index in [4.69, 9.17) is 10.5 Å². The van der Waals surface area contributed by atoms with E-state index in [2.05, 4.69) is 10.3 Å². The van der Waals surface area contributed by atoms with Crippen molar-refractivity contribution in [2.75, 3.05) is 5.73 Å². The number of pyridine rings is 1. The van der Waals surface area contributed by atoms with E-state index in [1.165, 1.54) is 6.20 Å². The average Bonchev–Trinajstić information content (AvgIpc) is 2.13. The Morgan fingerprint density at radius 1 is 1.59 bits per heavy atom. The average molecular weight is 241 g/mol. The summed E-state index contributed by atoms with van der Waals surface area (Å²) in [6.45, 7) is 5.19. The molecule has 0 saturated heterocycles. The molecule has 3 N–H and O–H groups in total. The number of rotatable bonds is 2. The molecular weight excluding hydrogens is 225 g/mol. The van der Waals surface area contributed by atoms with Crippen molar-refractivity contribution < 1.29 is 13.9 Å². The number of hydrogen-bond acceptors (Lipinski definition) is 4. The fourth-order valence-electron chi connectivity index (χ4n) is 1.08. The molecule has 6 heteroatoms. The number of carbonyl (C=O) groups is 1. The summed E-state index contributed by atoms with van der Waals surface area (Å²) in [5, 5.41) is 2.41. The monoisotopic (exact) mass is 241 g/mol. The van der Waals surface area contributed by atoms with Crippen molar-refractivity contribution in [3.8, 4) is 0 Å². The minimum atomic E-state index is -0.615. The summed E-state index contributed by atoms with van der Waals surface area (Å²) in [4.78, 5) is 15.1. The van der Waals surface area contributed by atoms with Gasteiger partial charge in [0.25, 0.3) is 0 Å². The van der Waals surface area contributed by atoms with E-state index in [9.17, 15) is 9.18 Å². The van der Waals surface area contributed by atoms with Gasteiger partial charge in [-0.3, -0.25) is 4.98 Å². The Morgan fingerprint density at radius 3 is 2.76 bits per heavy atom. The molecule has 0 fully saturated rings. The highest BCUT2D eigenvalue weighted by atomic mass is 19.1. The summed E-state index contributed by atoms with van der Waals surface area (Å²) in [5.74, 6) is -0.555. The van der Waals surface area contributed by atoms with Gasteiger partial charge >= 0.3 is 6.09 Å². The molecule has 0 aliphatic carbocycles. The lowest BCUT2D eigenvalue weighted by molar-refractivity contribution is 0.0522. The van der Waals surface area contributed by atoms with E-state index >= 15 is 0 Å². The highest BCUT2D eigenvalue weighted by molar-refractivity contribution is 5.67. The molecule has 1 heterocycles. The molecule has 94 valence electrons. The highest BCUT2D eigenvalue weighted by Crippen LogP contribution is 2.09. The first-order valence-electron chi connectivity index (χ1n) is 5.14. The lowest BCUT2D eigenvalue weighted by Gasteiger charge is -2.19. The normalized spacial score (nSPS) is 11.1. The lowest BCUT2D eigenvalue weighted by Crippen LogP contribution is -2.32. The Bertz CT molecular complexity index is 416. The van der Waals surface area contributed by atoms with E-state index in [0.717, 1.165) is 6.07 Å². The zero-order valence-corrected chi connectivity index (χ0v) is 10.1. The van der Waals surface area contributed by atoms with Gasteiger partial charge in [0.2, 0.25) is 0 Å². The van der Waals surface area contributed by atoms with Crippen LogP contribution in [-0.2, 0) is 11.3 Å². The molecule has 0 aliphatic rings. The van der Waals surface area contributed by atoms with Crippen LogP contribution >= 0.6 is 0 Å². The Balaban J connectivity index is 2.53. The predicted molar refractivity (Wildman–Crippen MR) is 61.7 cm³/mol. The van der Waals surface area contributed by atoms with Crippen LogP contribution in [0.1, 0.15) is 26.5 Å². The van der Waals surface area contributed by atoms with Crippen molar-refractivity contribution >= 4 is 11.8 Å². The van der Waals surface area contributed by atoms with Crippen LogP contribution in [0.2, 0.25) is 0 Å². The molecule has 0 radical (unpaired) electrons. The third-order valence-electron chi connectivity index (χ3n) is 1.74. The van der Waals surface area contributed by atoms with Gasteiger partial charge in [-0.2, -0.15) is 0 Å². The van der Waals surface area contributed by atoms with Crippen molar-refractivity contribution in [1.82, 2.24) is 10.3 Å². The van der Waals surface area contributed by atoms with Crippen LogP contribution < -0.4 is 11.1 Å². The topological polar surface area (TPSA) is 77.2 Å². The van der Waals surface area contributed by atoms with Gasteiger partial charge in [-0.25, -0.2) is 9.18 Å². The van der Waals surface area contributed by atoms with Gasteiger partial charge in [0.1, 0.15) is 11.4 Å². The summed E-state index contributed by atoms with van der Waals surface area (Å²) >= 11 is 0. The third-order valence-corrected chi connectivity index (χ3v) is 1.74. The Hall–Kier alpha value is -1.85. The molecule has 0 aromatic carbocycles. The highest BCUT2D eigenvalue weighted by Gasteiger charge is 2.16. The van der Waals surface area contributed by atoms with Crippen molar-refractivity contribution in [1.29, 1.82) is 0 Å². The summed E-state index contributed by atoms with van der Waals surface area (Å²) in [6.07, 6.45) is 0.713. The molecule has 0 spiro atoms. The van der Waals surface area contributed by atoms with Crippen molar-refractivity contribution in [2.45, 2.75) is 32.9 Å². The first-order valence-corrected chi connectivity index (χ1v) is 5.14. The first-order chi connectivity index (χ1) is 7.78. The Labute approximate surface area is 99.2 Å². The number of ether oxygens (including phenoxy) is 1. The van der Waals surface area contributed by atoms with Gasteiger partial charge < -0.3 is 15.8 Å². The number of nitrogens with two attached hydrogens (primary N) is 1. The van der Waals surface area contributed by atoms with E-state index in [0.29, 0.717) is 0 Å². The number of carbonyl (C=O) groups excluding carboxylic acids is 1. The zero-order valence-electron chi connectivity index (χ0n) is 10.1. The molecule has 0 saturated carbocycles. The molecular formula is C11H16FN3O2. The van der Waals surface area contributed by atoms with Gasteiger partial charge in [0.15, 0.2) is 0 Å². The molecule has 1 rings (SSSR count). The van der Waals surface area contributed by atoms with E-state index < -0.39 is 17.5 Å². The van der Waals surface area contributed by atoms with Gasteiger partial charge in [-0.15, -0.1) is 0 Å². The SMILES string of the molecule is CC(C)(C)OC(=O)NCc1ncc(N)cc1F. The van der Waals surface area contributed by atoms with Crippen LogP contribution in [-0.4, -0.2) is 16.7 Å². The predicted octanol–water partition coefficient (Wildman–Crippen LogP) is 1.83. The van der Waals surface area contributed by atoms with Crippen molar-refractivity contribution in [3.63, 3.8) is 0 Å². The van der Waals surface area contributed by atoms with Crippen molar-refractivity contribution in [3.05, 3.63) is 23.8 Å². The van der Waals surface area contributed by atoms with Gasteiger partial charge in [0, 0.05) is 6.07 Å². The Morgan fingerprint density at radius 2 is 2.24 bits per heavy atom. The summed E-state index contributed by atoms with van der Waals surface area (Å²) in [6, 6.07) is 1.15. The number of nitrogen functional groups attached to an aromatic ring is 1. The molecule has 0 aliphatic heterocycles. The quantitative estimate of drug-likeness (QED) is 0.828. The van der Waals surface area contributed by atoms with Gasteiger partial charge in [-0.1, -0.05) is 0 Å². The standard InChI is InChI=1S/C11H16FN3O2/c1-11(2,3)17-10(16)15-6-9-8(12)4-7(13)5-14-9/h4-5H,6,13H2,1-3H3,(H,15,16). The minimum Gasteiger partial charge on any atom is -0.444 e. The number of amides is 1. The number of hydrogen-bond donors (Lipinski definition) is 2. The second-order valence-electron chi connectivity index (χ2n) is 4.55. The van der Waals surface area contributed by atoms with E-state index in [1.54, 1.807) is 20.8 Å². The van der Waals surface area contributed by atoms with Crippen LogP contribution in [0.3, 0.4) is 0 Å². The van der Waals surface area contributed by atoms with Crippen LogP contribution in [0.4, 0.5) is 14.9 Å². The zero-order chi connectivity index (χ0) is 13.1. The third kappa shape index (κ3) is 4.67. The molecule has 1 aromatic heterocycles. The fourth-order valence-corrected chi connectivity index (χ4v) is 1.08. The minimum absolute atomic E-state index is 0.0406. The Kier molecular flexibility index (Phi) is 3.88. The largest absolute Gasteiger partial charge is 0.444 e. The molecule has 5 nitrogen and oxygen atoms in total. The smallest absolute Gasteiger partial charge is 0.407 e. The van der Waals surface area contributed by atoms with Gasteiger partial charge in [0.05, 0.1) is 24.1 Å². The first kappa shape index (κ1) is 13.2. The van der Waals surface area contributed by atoms with Crippen molar-refractivity contribution in [2.24, 2.45) is 0 Å². The molecule has 0 atom stereocenters. The number of halogens is 1. The number of alkyl carbamates (subject to hydrolysis) is 1. The van der Waals surface area contributed by atoms with E-state index in [-0.39, 0.29) is 17.9 Å².